The second-order valence-electron chi connectivity index (χ2n) is 4.03. The van der Waals surface area contributed by atoms with Crippen LogP contribution in [0, 0.1) is 26.7 Å². The van der Waals surface area contributed by atoms with Gasteiger partial charge in [-0.2, -0.15) is 0 Å². The van der Waals surface area contributed by atoms with E-state index in [1.54, 1.807) is 0 Å². The van der Waals surface area contributed by atoms with Gasteiger partial charge in [0.2, 0.25) is 0 Å². The molecule has 2 unspecified atom stereocenters. The first-order chi connectivity index (χ1) is 6.52. The lowest BCUT2D eigenvalue weighted by Crippen LogP contribution is -1.95. The molecule has 1 aliphatic rings. The highest BCUT2D eigenvalue weighted by Crippen LogP contribution is 2.50. The molecule has 0 radical (unpaired) electrons. The lowest BCUT2D eigenvalue weighted by atomic mass is 9.96. The van der Waals surface area contributed by atoms with Gasteiger partial charge in [0.15, 0.2) is 0 Å². The van der Waals surface area contributed by atoms with E-state index in [2.05, 4.69) is 32.9 Å². The average Bonchev–Trinajstić information content (AvgIpc) is 2.60. The fraction of sp³-hybridized carbons (Fsp3) is 0.417. The van der Waals surface area contributed by atoms with Gasteiger partial charge in [-0.05, 0) is 12.5 Å². The molecule has 1 aromatic carbocycles. The molecule has 1 saturated carbocycles. The van der Waals surface area contributed by atoms with Crippen molar-refractivity contribution < 1.29 is 0 Å². The Hall–Kier alpha value is -0.330. The van der Waals surface area contributed by atoms with E-state index in [0.717, 1.165) is 0 Å². The van der Waals surface area contributed by atoms with Crippen molar-refractivity contribution in [2.24, 2.45) is 0 Å². The molecule has 0 saturated heterocycles. The zero-order valence-corrected chi connectivity index (χ0v) is 10.1. The Balaban J connectivity index is 2.44. The molecule has 1 aliphatic carbocycles. The number of halogens is 2. The first kappa shape index (κ1) is 10.2. The van der Waals surface area contributed by atoms with E-state index in [4.69, 9.17) is 23.2 Å². The summed E-state index contributed by atoms with van der Waals surface area (Å²) in [6.07, 6.45) is 0. The average molecular weight is 228 g/mol. The second kappa shape index (κ2) is 3.36. The Labute approximate surface area is 95.2 Å². The Bertz CT molecular complexity index is 340. The summed E-state index contributed by atoms with van der Waals surface area (Å²) in [5.74, 6) is 1.20. The molecule has 0 nitrogen and oxygen atoms in total. The van der Waals surface area contributed by atoms with E-state index >= 15 is 0 Å². The predicted octanol–water partition coefficient (Wildman–Crippen LogP) is 3.76. The van der Waals surface area contributed by atoms with Crippen molar-refractivity contribution in [3.63, 3.8) is 0 Å². The van der Waals surface area contributed by atoms with Gasteiger partial charge < -0.3 is 0 Å². The standard InChI is InChI=1S/C12H13Cl2/c1-6-4-7(2)9(8(3)5-6)10-11(13)12(10)14/h4-5,11-12H,1-3H3/q+1. The molecule has 0 heterocycles. The van der Waals surface area contributed by atoms with Crippen LogP contribution in [0.3, 0.4) is 0 Å². The summed E-state index contributed by atoms with van der Waals surface area (Å²) >= 11 is 12.1. The van der Waals surface area contributed by atoms with Crippen LogP contribution in [-0.2, 0) is 0 Å². The zero-order chi connectivity index (χ0) is 10.5. The summed E-state index contributed by atoms with van der Waals surface area (Å²) in [4.78, 5) is 0. The fourth-order valence-corrected chi connectivity index (χ4v) is 2.79. The highest BCUT2D eigenvalue weighted by atomic mass is 35.5. The van der Waals surface area contributed by atoms with Crippen LogP contribution in [0.5, 0.6) is 0 Å². The Morgan fingerprint density at radius 2 is 1.43 bits per heavy atom. The van der Waals surface area contributed by atoms with E-state index in [9.17, 15) is 0 Å². The third-order valence-corrected chi connectivity index (χ3v) is 3.81. The summed E-state index contributed by atoms with van der Waals surface area (Å²) in [6.45, 7) is 6.35. The van der Waals surface area contributed by atoms with E-state index in [0.29, 0.717) is 0 Å². The highest BCUT2D eigenvalue weighted by Gasteiger charge is 2.57. The molecule has 0 bridgehead atoms. The van der Waals surface area contributed by atoms with Gasteiger partial charge in [-0.25, -0.2) is 0 Å². The first-order valence-corrected chi connectivity index (χ1v) is 5.62. The number of hydrogen-bond acceptors (Lipinski definition) is 0. The summed E-state index contributed by atoms with van der Waals surface area (Å²) < 4.78 is 0. The predicted molar refractivity (Wildman–Crippen MR) is 62.3 cm³/mol. The zero-order valence-electron chi connectivity index (χ0n) is 8.57. The second-order valence-corrected chi connectivity index (χ2v) is 4.97. The normalized spacial score (nSPS) is 25.4. The summed E-state index contributed by atoms with van der Waals surface area (Å²) in [7, 11) is 0. The van der Waals surface area contributed by atoms with E-state index in [-0.39, 0.29) is 10.8 Å². The molecule has 0 aliphatic heterocycles. The van der Waals surface area contributed by atoms with Crippen LogP contribution < -0.4 is 0 Å². The molecule has 2 atom stereocenters. The third-order valence-electron chi connectivity index (χ3n) is 2.71. The number of alkyl halides is 2. The van der Waals surface area contributed by atoms with Gasteiger partial charge in [-0.1, -0.05) is 23.2 Å². The minimum absolute atomic E-state index is 0.0387. The lowest BCUT2D eigenvalue weighted by molar-refractivity contribution is 1.22. The Morgan fingerprint density at radius 3 is 1.79 bits per heavy atom. The summed E-state index contributed by atoms with van der Waals surface area (Å²) in [5, 5.41) is 0.0774. The van der Waals surface area contributed by atoms with Gasteiger partial charge in [-0.15, -0.1) is 0 Å². The molecule has 0 aromatic heterocycles. The lowest BCUT2D eigenvalue weighted by Gasteiger charge is -2.00. The van der Waals surface area contributed by atoms with Gasteiger partial charge >= 0.3 is 0 Å². The molecular weight excluding hydrogens is 215 g/mol. The van der Waals surface area contributed by atoms with Crippen molar-refractivity contribution >= 4 is 23.2 Å². The van der Waals surface area contributed by atoms with E-state index < -0.39 is 0 Å². The molecule has 0 amide bonds. The van der Waals surface area contributed by atoms with Crippen molar-refractivity contribution in [1.29, 1.82) is 0 Å². The minimum atomic E-state index is 0.0387. The van der Waals surface area contributed by atoms with Crippen LogP contribution in [0.4, 0.5) is 0 Å². The molecule has 1 aromatic rings. The van der Waals surface area contributed by atoms with Crippen molar-refractivity contribution in [2.45, 2.75) is 31.5 Å². The van der Waals surface area contributed by atoms with Gasteiger partial charge in [0, 0.05) is 26.0 Å². The Kier molecular flexibility index (Phi) is 2.45. The molecule has 0 spiro atoms. The van der Waals surface area contributed by atoms with Gasteiger partial charge in [-0.3, -0.25) is 0 Å². The number of rotatable bonds is 1. The van der Waals surface area contributed by atoms with Crippen molar-refractivity contribution in [3.05, 3.63) is 40.3 Å². The van der Waals surface area contributed by atoms with Crippen LogP contribution in [0.1, 0.15) is 22.3 Å². The number of hydrogen-bond donors (Lipinski definition) is 0. The third kappa shape index (κ3) is 1.51. The van der Waals surface area contributed by atoms with Crippen molar-refractivity contribution in [1.82, 2.24) is 0 Å². The van der Waals surface area contributed by atoms with E-state index in [1.165, 1.54) is 28.2 Å². The monoisotopic (exact) mass is 227 g/mol. The maximum Gasteiger partial charge on any atom is 0.141 e. The van der Waals surface area contributed by atoms with E-state index in [1.807, 2.05) is 0 Å². The molecule has 2 heteroatoms. The quantitative estimate of drug-likeness (QED) is 0.507. The van der Waals surface area contributed by atoms with Crippen LogP contribution in [0.25, 0.3) is 0 Å². The smallest absolute Gasteiger partial charge is 0.0992 e. The summed E-state index contributed by atoms with van der Waals surface area (Å²) in [6, 6.07) is 4.36. The van der Waals surface area contributed by atoms with Gasteiger partial charge in [0.25, 0.3) is 0 Å². The van der Waals surface area contributed by atoms with Crippen LogP contribution in [-0.4, -0.2) is 10.8 Å². The largest absolute Gasteiger partial charge is 0.141 e. The number of benzene rings is 1. The molecule has 1 fully saturated rings. The van der Waals surface area contributed by atoms with Crippen molar-refractivity contribution in [2.75, 3.05) is 0 Å². The molecule has 0 N–H and O–H groups in total. The van der Waals surface area contributed by atoms with Crippen LogP contribution in [0.2, 0.25) is 0 Å². The van der Waals surface area contributed by atoms with Crippen LogP contribution in [0.15, 0.2) is 12.1 Å². The minimum Gasteiger partial charge on any atom is -0.0992 e. The maximum absolute atomic E-state index is 6.05. The first-order valence-electron chi connectivity index (χ1n) is 4.75. The molecule has 2 rings (SSSR count). The molecule has 74 valence electrons. The van der Waals surface area contributed by atoms with Gasteiger partial charge in [0.05, 0.1) is 17.0 Å². The SMILES string of the molecule is Cc1cc(C)c([C+]2C(Cl)C2Cl)c(C)c1. The topological polar surface area (TPSA) is 0 Å². The summed E-state index contributed by atoms with van der Waals surface area (Å²) in [5.41, 5.74) is 5.13. The fourth-order valence-electron chi connectivity index (χ4n) is 2.11. The molecular formula is C12H13Cl2+. The highest BCUT2D eigenvalue weighted by molar-refractivity contribution is 6.38. The van der Waals surface area contributed by atoms with Gasteiger partial charge in [0.1, 0.15) is 16.3 Å². The van der Waals surface area contributed by atoms with Crippen molar-refractivity contribution in [3.8, 4) is 0 Å². The maximum atomic E-state index is 6.05. The Morgan fingerprint density at radius 1 is 1.00 bits per heavy atom. The molecule has 14 heavy (non-hydrogen) atoms. The van der Waals surface area contributed by atoms with Crippen LogP contribution >= 0.6 is 23.2 Å². The number of aryl methyl sites for hydroxylation is 3.